The van der Waals surface area contributed by atoms with Gasteiger partial charge in [-0.25, -0.2) is 0 Å². The van der Waals surface area contributed by atoms with Crippen LogP contribution in [-0.2, 0) is 0 Å². The van der Waals surface area contributed by atoms with Gasteiger partial charge >= 0.3 is 5.38 Å². The van der Waals surface area contributed by atoms with Crippen molar-refractivity contribution in [1.82, 2.24) is 0 Å². The lowest BCUT2D eigenvalue weighted by Crippen LogP contribution is -2.21. The van der Waals surface area contributed by atoms with Gasteiger partial charge in [-0.15, -0.1) is 0 Å². The summed E-state index contributed by atoms with van der Waals surface area (Å²) in [6, 6.07) is 2.21. The topological polar surface area (TPSA) is 17.1 Å². The first-order valence-corrected chi connectivity index (χ1v) is 5.00. The normalized spacial score (nSPS) is 11.6. The molecule has 0 saturated heterocycles. The van der Waals surface area contributed by atoms with Crippen molar-refractivity contribution in [3.05, 3.63) is 32.8 Å². The summed E-state index contributed by atoms with van der Waals surface area (Å²) in [7, 11) is 0. The Hall–Kier alpha value is -0.0900. The summed E-state index contributed by atoms with van der Waals surface area (Å²) in [5, 5.41) is -4.40. The molecule has 0 heterocycles. The SMILES string of the molecule is O=C(c1cc(Cl)cc(Cl)c1Cl)C(F)(F)Cl. The maximum Gasteiger partial charge on any atom is 0.384 e. The number of ketones is 1. The van der Waals surface area contributed by atoms with Crippen LogP contribution in [0, 0.1) is 0 Å². The molecule has 0 aliphatic carbocycles. The Bertz CT molecular complexity index is 414. The van der Waals surface area contributed by atoms with Crippen molar-refractivity contribution >= 4 is 52.2 Å². The fraction of sp³-hybridized carbons (Fsp3) is 0.125. The molecule has 82 valence electrons. The van der Waals surface area contributed by atoms with Crippen LogP contribution in [0.4, 0.5) is 8.78 Å². The van der Waals surface area contributed by atoms with Gasteiger partial charge in [-0.05, 0) is 23.7 Å². The molecule has 0 spiro atoms. The van der Waals surface area contributed by atoms with E-state index in [4.69, 9.17) is 34.8 Å². The number of hydrogen-bond acceptors (Lipinski definition) is 1. The first kappa shape index (κ1) is 13.0. The molecule has 1 aromatic rings. The number of alkyl halides is 3. The second-order valence-corrected chi connectivity index (χ2v) is 4.27. The van der Waals surface area contributed by atoms with Gasteiger partial charge in [0.05, 0.1) is 10.0 Å². The first-order chi connectivity index (χ1) is 6.73. The van der Waals surface area contributed by atoms with Gasteiger partial charge in [0.25, 0.3) is 0 Å². The van der Waals surface area contributed by atoms with Crippen molar-refractivity contribution in [1.29, 1.82) is 0 Å². The molecule has 0 fully saturated rings. The van der Waals surface area contributed by atoms with Gasteiger partial charge in [0.15, 0.2) is 0 Å². The summed E-state index contributed by atoms with van der Waals surface area (Å²) >= 11 is 21.2. The van der Waals surface area contributed by atoms with E-state index in [0.717, 1.165) is 6.07 Å². The van der Waals surface area contributed by atoms with Crippen LogP contribution in [0.3, 0.4) is 0 Å². The largest absolute Gasteiger partial charge is 0.384 e. The van der Waals surface area contributed by atoms with Gasteiger partial charge in [-0.1, -0.05) is 34.8 Å². The Balaban J connectivity index is 3.32. The molecular formula is C8H2Cl4F2O. The van der Waals surface area contributed by atoms with E-state index >= 15 is 0 Å². The zero-order chi connectivity index (χ0) is 11.8. The van der Waals surface area contributed by atoms with E-state index < -0.39 is 16.7 Å². The molecule has 0 aliphatic heterocycles. The first-order valence-electron chi connectivity index (χ1n) is 3.49. The van der Waals surface area contributed by atoms with Gasteiger partial charge in [0, 0.05) is 10.6 Å². The lowest BCUT2D eigenvalue weighted by molar-refractivity contribution is 0.0536. The molecule has 7 heteroatoms. The minimum absolute atomic E-state index is 0.0219. The maximum atomic E-state index is 12.5. The quantitative estimate of drug-likeness (QED) is 0.440. The van der Waals surface area contributed by atoms with E-state index in [1.54, 1.807) is 0 Å². The fourth-order valence-corrected chi connectivity index (χ4v) is 1.66. The smallest absolute Gasteiger partial charge is 0.286 e. The van der Waals surface area contributed by atoms with Crippen molar-refractivity contribution in [3.8, 4) is 0 Å². The van der Waals surface area contributed by atoms with Crippen molar-refractivity contribution in [2.75, 3.05) is 0 Å². The van der Waals surface area contributed by atoms with Crippen LogP contribution in [0.1, 0.15) is 10.4 Å². The van der Waals surface area contributed by atoms with Crippen LogP contribution in [0.5, 0.6) is 0 Å². The third-order valence-corrected chi connectivity index (χ3v) is 2.69. The molecule has 1 rings (SSSR count). The van der Waals surface area contributed by atoms with Crippen LogP contribution in [-0.4, -0.2) is 11.2 Å². The number of benzene rings is 1. The Morgan fingerprint density at radius 3 is 2.20 bits per heavy atom. The molecule has 0 radical (unpaired) electrons. The van der Waals surface area contributed by atoms with Crippen LogP contribution in [0.2, 0.25) is 15.1 Å². The molecule has 0 amide bonds. The minimum atomic E-state index is -4.03. The summed E-state index contributed by atoms with van der Waals surface area (Å²) in [4.78, 5) is 11.1. The van der Waals surface area contributed by atoms with E-state index in [9.17, 15) is 13.6 Å². The molecule has 1 aromatic carbocycles. The standard InChI is InChI=1S/C8H2Cl4F2O/c9-3-1-4(6(11)5(10)2-3)7(15)8(12,13)14/h1-2H. The average Bonchev–Trinajstić information content (AvgIpc) is 2.08. The minimum Gasteiger partial charge on any atom is -0.286 e. The second-order valence-electron chi connectivity index (χ2n) is 2.58. The summed E-state index contributed by atoms with van der Waals surface area (Å²) in [6.07, 6.45) is 0. The number of halogens is 6. The van der Waals surface area contributed by atoms with Crippen LogP contribution in [0.15, 0.2) is 12.1 Å². The molecule has 0 atom stereocenters. The molecule has 0 unspecified atom stereocenters. The molecule has 1 nitrogen and oxygen atoms in total. The predicted molar refractivity (Wildman–Crippen MR) is 56.6 cm³/mol. The van der Waals surface area contributed by atoms with Crippen LogP contribution in [0.25, 0.3) is 0 Å². The molecule has 0 N–H and O–H groups in total. The van der Waals surface area contributed by atoms with Crippen LogP contribution < -0.4 is 0 Å². The van der Waals surface area contributed by atoms with Gasteiger partial charge in [0.1, 0.15) is 0 Å². The maximum absolute atomic E-state index is 12.5. The highest BCUT2D eigenvalue weighted by Gasteiger charge is 2.38. The Labute approximate surface area is 104 Å². The molecule has 0 aliphatic rings. The van der Waals surface area contributed by atoms with E-state index in [1.165, 1.54) is 6.07 Å². The summed E-state index contributed by atoms with van der Waals surface area (Å²) in [6.45, 7) is 0. The number of hydrogen-bond donors (Lipinski definition) is 0. The summed E-state index contributed by atoms with van der Waals surface area (Å²) in [5.74, 6) is -1.64. The predicted octanol–water partition coefficient (Wildman–Crippen LogP) is 4.66. The molecule has 0 saturated carbocycles. The van der Waals surface area contributed by atoms with Gasteiger partial charge in [-0.2, -0.15) is 8.78 Å². The third-order valence-electron chi connectivity index (χ3n) is 1.50. The lowest BCUT2D eigenvalue weighted by atomic mass is 10.1. The molecule has 0 bridgehead atoms. The van der Waals surface area contributed by atoms with Gasteiger partial charge in [-0.3, -0.25) is 4.79 Å². The lowest BCUT2D eigenvalue weighted by Gasteiger charge is -2.09. The van der Waals surface area contributed by atoms with Gasteiger partial charge < -0.3 is 0 Å². The van der Waals surface area contributed by atoms with E-state index in [0.29, 0.717) is 0 Å². The van der Waals surface area contributed by atoms with Crippen molar-refractivity contribution < 1.29 is 13.6 Å². The van der Waals surface area contributed by atoms with E-state index in [1.807, 2.05) is 0 Å². The number of Topliss-reactive ketones (excluding diaryl/α,β-unsaturated/α-hetero) is 1. The number of rotatable bonds is 2. The highest BCUT2D eigenvalue weighted by atomic mass is 35.5. The summed E-state index contributed by atoms with van der Waals surface area (Å²) < 4.78 is 25.0. The van der Waals surface area contributed by atoms with Gasteiger partial charge in [0.2, 0.25) is 5.78 Å². The molecular weight excluding hydrogens is 292 g/mol. The molecule has 15 heavy (non-hydrogen) atoms. The Morgan fingerprint density at radius 2 is 1.73 bits per heavy atom. The fourth-order valence-electron chi connectivity index (χ4n) is 0.874. The van der Waals surface area contributed by atoms with Crippen molar-refractivity contribution in [2.24, 2.45) is 0 Å². The highest BCUT2D eigenvalue weighted by Crippen LogP contribution is 2.34. The number of carbonyl (C=O) groups excluding carboxylic acids is 1. The monoisotopic (exact) mass is 292 g/mol. The van der Waals surface area contributed by atoms with E-state index in [-0.39, 0.29) is 15.1 Å². The zero-order valence-electron chi connectivity index (χ0n) is 6.83. The second kappa shape index (κ2) is 4.42. The number of carbonyl (C=O) groups is 1. The third kappa shape index (κ3) is 2.94. The Morgan fingerprint density at radius 1 is 1.20 bits per heavy atom. The molecule has 0 aromatic heterocycles. The zero-order valence-corrected chi connectivity index (χ0v) is 9.85. The van der Waals surface area contributed by atoms with Crippen molar-refractivity contribution in [3.63, 3.8) is 0 Å². The van der Waals surface area contributed by atoms with E-state index in [2.05, 4.69) is 11.6 Å². The summed E-state index contributed by atoms with van der Waals surface area (Å²) in [5.41, 5.74) is -0.505. The highest BCUT2D eigenvalue weighted by molar-refractivity contribution is 6.46. The van der Waals surface area contributed by atoms with Crippen LogP contribution >= 0.6 is 46.4 Å². The van der Waals surface area contributed by atoms with Crippen molar-refractivity contribution in [2.45, 2.75) is 5.38 Å². The Kier molecular flexibility index (Phi) is 3.82. The average molecular weight is 294 g/mol.